The first-order valence-corrected chi connectivity index (χ1v) is 6.73. The van der Waals surface area contributed by atoms with Gasteiger partial charge in [0.05, 0.1) is 24.2 Å². The highest BCUT2D eigenvalue weighted by molar-refractivity contribution is 5.59. The zero-order chi connectivity index (χ0) is 15.2. The molecule has 20 heavy (non-hydrogen) atoms. The number of aliphatic hydroxyl groups is 4. The van der Waals surface area contributed by atoms with Crippen molar-refractivity contribution < 1.29 is 25.5 Å². The van der Waals surface area contributed by atoms with E-state index in [2.05, 4.69) is 0 Å². The fourth-order valence-corrected chi connectivity index (χ4v) is 3.22. The van der Waals surface area contributed by atoms with Crippen molar-refractivity contribution in [3.8, 4) is 5.75 Å². The third-order valence-corrected chi connectivity index (χ3v) is 4.71. The van der Waals surface area contributed by atoms with Gasteiger partial charge in [-0.1, -0.05) is 6.92 Å². The first-order chi connectivity index (χ1) is 9.31. The first-order valence-electron chi connectivity index (χ1n) is 6.73. The van der Waals surface area contributed by atoms with Crippen LogP contribution >= 0.6 is 0 Å². The van der Waals surface area contributed by atoms with Crippen molar-refractivity contribution in [2.24, 2.45) is 5.41 Å². The van der Waals surface area contributed by atoms with Crippen LogP contribution in [0.2, 0.25) is 0 Å². The van der Waals surface area contributed by atoms with Crippen molar-refractivity contribution in [3.63, 3.8) is 0 Å². The summed E-state index contributed by atoms with van der Waals surface area (Å²) in [6.07, 6.45) is -1.81. The van der Waals surface area contributed by atoms with Crippen LogP contribution in [-0.2, 0) is 6.42 Å². The number of benzene rings is 1. The molecule has 3 atom stereocenters. The number of hydrogen-bond acceptors (Lipinski definition) is 5. The Labute approximate surface area is 118 Å². The molecule has 5 N–H and O–H groups in total. The van der Waals surface area contributed by atoms with Crippen molar-refractivity contribution in [1.82, 2.24) is 0 Å². The fraction of sp³-hybridized carbons (Fsp3) is 0.600. The standard InChI is InChI=1S/C15H22O5/c1-7-9(4-5-16)8(2)12(18)11-10(7)13(19)15(3,6-17)14(11)20/h13-14,16-20H,4-6H2,1-3H3. The van der Waals surface area contributed by atoms with E-state index >= 15 is 0 Å². The lowest BCUT2D eigenvalue weighted by Gasteiger charge is -2.29. The molecule has 112 valence electrons. The molecule has 0 fully saturated rings. The molecule has 0 spiro atoms. The summed E-state index contributed by atoms with van der Waals surface area (Å²) in [6.45, 7) is 4.66. The summed E-state index contributed by atoms with van der Waals surface area (Å²) in [4.78, 5) is 0. The average molecular weight is 282 g/mol. The highest BCUT2D eigenvalue weighted by Crippen LogP contribution is 2.57. The number of hydrogen-bond donors (Lipinski definition) is 5. The van der Waals surface area contributed by atoms with E-state index in [1.807, 2.05) is 0 Å². The smallest absolute Gasteiger partial charge is 0.124 e. The van der Waals surface area contributed by atoms with Gasteiger partial charge in [-0.2, -0.15) is 0 Å². The normalized spacial score (nSPS) is 28.8. The number of aliphatic hydroxyl groups excluding tert-OH is 4. The molecule has 0 saturated carbocycles. The Hall–Kier alpha value is -1.14. The molecule has 0 amide bonds. The second-order valence-electron chi connectivity index (χ2n) is 5.85. The van der Waals surface area contributed by atoms with Crippen molar-refractivity contribution in [2.45, 2.75) is 39.4 Å². The molecular formula is C15H22O5. The molecule has 3 unspecified atom stereocenters. The molecule has 5 heteroatoms. The SMILES string of the molecule is Cc1c(O)c2c(c(C)c1CCO)C(O)C(C)(CO)C2O. The van der Waals surface area contributed by atoms with Gasteiger partial charge in [-0.05, 0) is 42.5 Å². The van der Waals surface area contributed by atoms with Gasteiger partial charge in [-0.15, -0.1) is 0 Å². The van der Waals surface area contributed by atoms with Gasteiger partial charge < -0.3 is 25.5 Å². The largest absolute Gasteiger partial charge is 0.507 e. The van der Waals surface area contributed by atoms with Crippen molar-refractivity contribution in [3.05, 3.63) is 27.8 Å². The minimum atomic E-state index is -1.13. The van der Waals surface area contributed by atoms with Gasteiger partial charge in [0.2, 0.25) is 0 Å². The summed E-state index contributed by atoms with van der Waals surface area (Å²) in [5.74, 6) is -0.0576. The predicted octanol–water partition coefficient (Wildman–Crippen LogP) is 0.623. The molecule has 0 radical (unpaired) electrons. The summed E-state index contributed by atoms with van der Waals surface area (Å²) < 4.78 is 0. The Morgan fingerprint density at radius 2 is 1.55 bits per heavy atom. The van der Waals surface area contributed by atoms with Crippen LogP contribution in [0.3, 0.4) is 0 Å². The predicted molar refractivity (Wildman–Crippen MR) is 73.5 cm³/mol. The second kappa shape index (κ2) is 5.00. The van der Waals surface area contributed by atoms with Crippen molar-refractivity contribution in [1.29, 1.82) is 0 Å². The average Bonchev–Trinajstić information content (AvgIpc) is 2.63. The molecule has 5 nitrogen and oxygen atoms in total. The third kappa shape index (κ3) is 1.78. The quantitative estimate of drug-likeness (QED) is 0.559. The van der Waals surface area contributed by atoms with Crippen LogP contribution in [0.15, 0.2) is 0 Å². The summed E-state index contributed by atoms with van der Waals surface area (Å²) in [5, 5.41) is 49.9. The molecule has 0 aromatic heterocycles. The Bertz CT molecular complexity index is 540. The number of aromatic hydroxyl groups is 1. The monoisotopic (exact) mass is 282 g/mol. The summed E-state index contributed by atoms with van der Waals surface area (Å²) >= 11 is 0. The first kappa shape index (κ1) is 15.3. The van der Waals surface area contributed by atoms with Crippen LogP contribution in [0.5, 0.6) is 5.75 Å². The van der Waals surface area contributed by atoms with Crippen LogP contribution < -0.4 is 0 Å². The van der Waals surface area contributed by atoms with Crippen LogP contribution in [-0.4, -0.2) is 38.7 Å². The lowest BCUT2D eigenvalue weighted by atomic mass is 9.83. The van der Waals surface area contributed by atoms with E-state index in [9.17, 15) is 20.4 Å². The van der Waals surface area contributed by atoms with E-state index in [1.165, 1.54) is 0 Å². The maximum atomic E-state index is 10.5. The molecule has 1 aliphatic carbocycles. The van der Waals surface area contributed by atoms with Crippen LogP contribution in [0.1, 0.15) is 46.9 Å². The molecule has 2 rings (SSSR count). The lowest BCUT2D eigenvalue weighted by molar-refractivity contribution is -0.0730. The van der Waals surface area contributed by atoms with Gasteiger partial charge in [0.15, 0.2) is 0 Å². The van der Waals surface area contributed by atoms with Gasteiger partial charge in [-0.3, -0.25) is 0 Å². The van der Waals surface area contributed by atoms with E-state index in [0.29, 0.717) is 23.1 Å². The highest BCUT2D eigenvalue weighted by atomic mass is 16.3. The van der Waals surface area contributed by atoms with Gasteiger partial charge in [0.25, 0.3) is 0 Å². The van der Waals surface area contributed by atoms with E-state index in [-0.39, 0.29) is 12.4 Å². The molecule has 0 aliphatic heterocycles. The minimum Gasteiger partial charge on any atom is -0.507 e. The molecule has 1 aromatic carbocycles. The Morgan fingerprint density at radius 3 is 2.05 bits per heavy atom. The zero-order valence-electron chi connectivity index (χ0n) is 12.0. The summed E-state index contributed by atoms with van der Waals surface area (Å²) in [5.41, 5.74) is 1.77. The fourth-order valence-electron chi connectivity index (χ4n) is 3.22. The van der Waals surface area contributed by atoms with Crippen molar-refractivity contribution in [2.75, 3.05) is 13.2 Å². The Kier molecular flexibility index (Phi) is 3.81. The minimum absolute atomic E-state index is 0.0576. The second-order valence-corrected chi connectivity index (χ2v) is 5.85. The third-order valence-electron chi connectivity index (χ3n) is 4.71. The van der Waals surface area contributed by atoms with Gasteiger partial charge in [-0.25, -0.2) is 0 Å². The van der Waals surface area contributed by atoms with E-state index in [0.717, 1.165) is 11.1 Å². The molecule has 1 aromatic rings. The van der Waals surface area contributed by atoms with E-state index in [4.69, 9.17) is 5.11 Å². The number of fused-ring (bicyclic) bond motifs is 1. The van der Waals surface area contributed by atoms with Crippen LogP contribution in [0.4, 0.5) is 0 Å². The van der Waals surface area contributed by atoms with Gasteiger partial charge in [0, 0.05) is 12.2 Å². The lowest BCUT2D eigenvalue weighted by Crippen LogP contribution is -2.30. The molecular weight excluding hydrogens is 260 g/mol. The maximum Gasteiger partial charge on any atom is 0.124 e. The molecule has 0 heterocycles. The Morgan fingerprint density at radius 1 is 1.00 bits per heavy atom. The highest BCUT2D eigenvalue weighted by Gasteiger charge is 2.51. The Balaban J connectivity index is 2.75. The van der Waals surface area contributed by atoms with Crippen LogP contribution in [0.25, 0.3) is 0 Å². The molecule has 1 aliphatic rings. The number of phenolic OH excluding ortho intramolecular Hbond substituents is 1. The van der Waals surface area contributed by atoms with E-state index < -0.39 is 24.2 Å². The summed E-state index contributed by atoms with van der Waals surface area (Å²) in [7, 11) is 0. The zero-order valence-corrected chi connectivity index (χ0v) is 12.0. The summed E-state index contributed by atoms with van der Waals surface area (Å²) in [6, 6.07) is 0. The van der Waals surface area contributed by atoms with Gasteiger partial charge in [0.1, 0.15) is 5.75 Å². The van der Waals surface area contributed by atoms with Gasteiger partial charge >= 0.3 is 0 Å². The molecule has 0 saturated heterocycles. The topological polar surface area (TPSA) is 101 Å². The number of phenols is 1. The van der Waals surface area contributed by atoms with Crippen molar-refractivity contribution >= 4 is 0 Å². The van der Waals surface area contributed by atoms with Crippen LogP contribution in [0, 0.1) is 19.3 Å². The maximum absolute atomic E-state index is 10.5. The van der Waals surface area contributed by atoms with E-state index in [1.54, 1.807) is 20.8 Å². The molecule has 0 bridgehead atoms. The number of rotatable bonds is 3.